The number of para-hydroxylation sites is 1. The maximum Gasteiger partial charge on any atom is 0.326 e. The molecule has 186 valence electrons. The number of carbonyl (C=O) groups excluding carboxylic acids is 2. The van der Waals surface area contributed by atoms with Crippen LogP contribution in [0.25, 0.3) is 0 Å². The van der Waals surface area contributed by atoms with Crippen LogP contribution in [0.3, 0.4) is 0 Å². The van der Waals surface area contributed by atoms with Gasteiger partial charge in [-0.25, -0.2) is 4.79 Å². The first-order valence-electron chi connectivity index (χ1n) is 11.4. The highest BCUT2D eigenvalue weighted by molar-refractivity contribution is 6.07. The molecule has 1 fully saturated rings. The Labute approximate surface area is 203 Å². The summed E-state index contributed by atoms with van der Waals surface area (Å²) in [6, 6.07) is 12.1. The number of aliphatic carboxylic acids is 2. The Morgan fingerprint density at radius 1 is 1.03 bits per heavy atom. The van der Waals surface area contributed by atoms with Crippen LogP contribution in [0, 0.1) is 16.7 Å². The zero-order chi connectivity index (χ0) is 26.0. The van der Waals surface area contributed by atoms with E-state index in [-0.39, 0.29) is 12.3 Å². The molecule has 0 saturated heterocycles. The second-order valence-electron chi connectivity index (χ2n) is 9.79. The van der Waals surface area contributed by atoms with E-state index in [1.807, 2.05) is 0 Å². The Balaban J connectivity index is 1.66. The predicted molar refractivity (Wildman–Crippen MR) is 131 cm³/mol. The number of benzene rings is 2. The number of nitrogen functional groups attached to an aromatic ring is 1. The van der Waals surface area contributed by atoms with Gasteiger partial charge in [-0.2, -0.15) is 0 Å². The van der Waals surface area contributed by atoms with Crippen LogP contribution in [0.1, 0.15) is 49.5 Å². The highest BCUT2D eigenvalue weighted by Gasteiger charge is 2.58. The van der Waals surface area contributed by atoms with E-state index in [4.69, 9.17) is 5.73 Å². The van der Waals surface area contributed by atoms with Gasteiger partial charge in [0.15, 0.2) is 0 Å². The molecule has 0 bridgehead atoms. The van der Waals surface area contributed by atoms with Crippen LogP contribution < -0.4 is 16.4 Å². The molecule has 9 heteroatoms. The fraction of sp³-hybridized carbons (Fsp3) is 0.385. The number of rotatable bonds is 8. The molecule has 0 spiro atoms. The third-order valence-corrected chi connectivity index (χ3v) is 7.49. The lowest BCUT2D eigenvalue weighted by atomic mass is 9.65. The minimum atomic E-state index is -1.19. The first kappa shape index (κ1) is 25.7. The Kier molecular flexibility index (Phi) is 7.19. The Morgan fingerprint density at radius 3 is 2.20 bits per heavy atom. The highest BCUT2D eigenvalue weighted by atomic mass is 16.4. The van der Waals surface area contributed by atoms with E-state index >= 15 is 0 Å². The molecule has 0 heterocycles. The molecule has 3 atom stereocenters. The standard InChI is InChI=1S/C26H31N3O6/c1-25(2)18(12-13-26(25,3)24(34)35)22(31)29-20(23(32)33)14-15-8-10-16(11-9-15)28-21(30)17-6-4-5-7-19(17)27/h4-11,18,20H,12-14,27H2,1-3H3,(H,28,30)(H,29,31)(H,32,33)(H,34,35)/t18-,20+,26+/m1/s1. The molecule has 0 unspecified atom stereocenters. The Morgan fingerprint density at radius 2 is 1.66 bits per heavy atom. The van der Waals surface area contributed by atoms with Crippen LogP contribution in [-0.4, -0.2) is 40.0 Å². The van der Waals surface area contributed by atoms with Crippen molar-refractivity contribution >= 4 is 35.1 Å². The van der Waals surface area contributed by atoms with Gasteiger partial charge in [0.2, 0.25) is 5.91 Å². The first-order chi connectivity index (χ1) is 16.4. The van der Waals surface area contributed by atoms with E-state index in [2.05, 4.69) is 10.6 Å². The third kappa shape index (κ3) is 5.13. The van der Waals surface area contributed by atoms with Gasteiger partial charge in [-0.05, 0) is 55.0 Å². The normalized spacial score (nSPS) is 21.6. The molecule has 2 amide bonds. The summed E-state index contributed by atoms with van der Waals surface area (Å²) in [6.07, 6.45) is 0.742. The van der Waals surface area contributed by atoms with Crippen LogP contribution in [-0.2, 0) is 20.8 Å². The van der Waals surface area contributed by atoms with Gasteiger partial charge in [-0.1, -0.05) is 38.1 Å². The molecule has 2 aromatic rings. The molecule has 3 rings (SSSR count). The molecule has 9 nitrogen and oxygen atoms in total. The van der Waals surface area contributed by atoms with Gasteiger partial charge in [0.25, 0.3) is 5.91 Å². The number of carbonyl (C=O) groups is 4. The van der Waals surface area contributed by atoms with Crippen molar-refractivity contribution in [3.05, 3.63) is 59.7 Å². The molecule has 1 saturated carbocycles. The van der Waals surface area contributed by atoms with Crippen LogP contribution in [0.5, 0.6) is 0 Å². The van der Waals surface area contributed by atoms with Gasteiger partial charge in [0.05, 0.1) is 11.0 Å². The smallest absolute Gasteiger partial charge is 0.326 e. The summed E-state index contributed by atoms with van der Waals surface area (Å²) in [4.78, 5) is 49.1. The number of carboxylic acids is 2. The predicted octanol–water partition coefficient (Wildman–Crippen LogP) is 3.16. The number of hydrogen-bond acceptors (Lipinski definition) is 5. The molecular formula is C26H31N3O6. The summed E-state index contributed by atoms with van der Waals surface area (Å²) in [7, 11) is 0. The maximum atomic E-state index is 13.0. The van der Waals surface area contributed by atoms with Crippen molar-refractivity contribution in [3.8, 4) is 0 Å². The molecule has 35 heavy (non-hydrogen) atoms. The summed E-state index contributed by atoms with van der Waals surface area (Å²) in [5, 5.41) is 24.7. The lowest BCUT2D eigenvalue weighted by Crippen LogP contribution is -2.49. The maximum absolute atomic E-state index is 13.0. The Hall–Kier alpha value is -3.88. The topological polar surface area (TPSA) is 159 Å². The number of nitrogens with one attached hydrogen (secondary N) is 2. The number of nitrogens with two attached hydrogens (primary N) is 1. The zero-order valence-electron chi connectivity index (χ0n) is 20.0. The monoisotopic (exact) mass is 481 g/mol. The number of amides is 2. The lowest BCUT2D eigenvalue weighted by molar-refractivity contribution is -0.155. The van der Waals surface area contributed by atoms with Crippen LogP contribution in [0.4, 0.5) is 11.4 Å². The van der Waals surface area contributed by atoms with Crippen molar-refractivity contribution < 1.29 is 29.4 Å². The molecular weight excluding hydrogens is 450 g/mol. The van der Waals surface area contributed by atoms with E-state index in [1.165, 1.54) is 0 Å². The fourth-order valence-electron chi connectivity index (χ4n) is 4.68. The molecule has 0 aliphatic heterocycles. The SMILES string of the molecule is CC1(C)[C@@H](C(=O)N[C@@H](Cc2ccc(NC(=O)c3ccccc3N)cc2)C(=O)O)CC[C@@]1(C)C(=O)O. The zero-order valence-corrected chi connectivity index (χ0v) is 20.0. The van der Waals surface area contributed by atoms with E-state index in [0.717, 1.165) is 0 Å². The minimum Gasteiger partial charge on any atom is -0.481 e. The van der Waals surface area contributed by atoms with Crippen molar-refractivity contribution in [2.75, 3.05) is 11.1 Å². The summed E-state index contributed by atoms with van der Waals surface area (Å²) >= 11 is 0. The molecule has 2 aromatic carbocycles. The second-order valence-corrected chi connectivity index (χ2v) is 9.79. The highest BCUT2D eigenvalue weighted by Crippen LogP contribution is 2.56. The van der Waals surface area contributed by atoms with Gasteiger partial charge < -0.3 is 26.6 Å². The van der Waals surface area contributed by atoms with Crippen molar-refractivity contribution in [3.63, 3.8) is 0 Å². The van der Waals surface area contributed by atoms with E-state index < -0.39 is 40.6 Å². The van der Waals surface area contributed by atoms with Crippen molar-refractivity contribution in [1.29, 1.82) is 0 Å². The minimum absolute atomic E-state index is 0.0320. The van der Waals surface area contributed by atoms with Crippen LogP contribution in [0.2, 0.25) is 0 Å². The quantitative estimate of drug-likeness (QED) is 0.362. The average Bonchev–Trinajstić information content (AvgIpc) is 3.04. The van der Waals surface area contributed by atoms with E-state index in [9.17, 15) is 29.4 Å². The van der Waals surface area contributed by atoms with Gasteiger partial charge in [-0.3, -0.25) is 14.4 Å². The largest absolute Gasteiger partial charge is 0.481 e. The average molecular weight is 482 g/mol. The summed E-state index contributed by atoms with van der Waals surface area (Å²) in [6.45, 7) is 5.11. The van der Waals surface area contributed by atoms with Crippen LogP contribution >= 0.6 is 0 Å². The molecule has 1 aliphatic carbocycles. The van der Waals surface area contributed by atoms with Crippen molar-refractivity contribution in [1.82, 2.24) is 5.32 Å². The van der Waals surface area contributed by atoms with Crippen molar-refractivity contribution in [2.45, 2.75) is 46.1 Å². The third-order valence-electron chi connectivity index (χ3n) is 7.49. The Bertz CT molecular complexity index is 1140. The van der Waals surface area contributed by atoms with Gasteiger partial charge in [0, 0.05) is 23.7 Å². The van der Waals surface area contributed by atoms with Crippen LogP contribution in [0.15, 0.2) is 48.5 Å². The van der Waals surface area contributed by atoms with Gasteiger partial charge >= 0.3 is 11.9 Å². The molecule has 6 N–H and O–H groups in total. The second kappa shape index (κ2) is 9.77. The summed E-state index contributed by atoms with van der Waals surface area (Å²) in [5.41, 5.74) is 5.79. The number of hydrogen-bond donors (Lipinski definition) is 5. The van der Waals surface area contributed by atoms with Crippen molar-refractivity contribution in [2.24, 2.45) is 16.7 Å². The van der Waals surface area contributed by atoms with E-state index in [1.54, 1.807) is 69.3 Å². The van der Waals surface area contributed by atoms with Gasteiger partial charge in [0.1, 0.15) is 6.04 Å². The molecule has 0 radical (unpaired) electrons. The fourth-order valence-corrected chi connectivity index (χ4v) is 4.68. The lowest BCUT2D eigenvalue weighted by Gasteiger charge is -2.38. The number of carboxylic acid groups (broad SMARTS) is 2. The first-order valence-corrected chi connectivity index (χ1v) is 11.4. The molecule has 0 aromatic heterocycles. The molecule has 1 aliphatic rings. The van der Waals surface area contributed by atoms with E-state index in [0.29, 0.717) is 35.3 Å². The summed E-state index contributed by atoms with van der Waals surface area (Å²) < 4.78 is 0. The summed E-state index contributed by atoms with van der Waals surface area (Å²) in [5.74, 6) is -3.59. The van der Waals surface area contributed by atoms with Gasteiger partial charge in [-0.15, -0.1) is 0 Å². The number of anilines is 2.